The van der Waals surface area contributed by atoms with Crippen molar-refractivity contribution in [1.29, 1.82) is 0 Å². The number of aliphatic hydroxyl groups excluding tert-OH is 1. The van der Waals surface area contributed by atoms with Gasteiger partial charge in [0.15, 0.2) is 17.6 Å². The second kappa shape index (κ2) is 6.50. The first kappa shape index (κ1) is 21.3. The van der Waals surface area contributed by atoms with Crippen LogP contribution in [0.15, 0.2) is 24.3 Å². The number of rotatable bonds is 3. The number of hydrogen-bond donors (Lipinski definition) is 2. The zero-order valence-corrected chi connectivity index (χ0v) is 21.1. The lowest BCUT2D eigenvalue weighted by Gasteiger charge is -2.49. The predicted molar refractivity (Wildman–Crippen MR) is 135 cm³/mol. The normalized spacial score (nSPS) is 37.9. The summed E-state index contributed by atoms with van der Waals surface area (Å²) in [5, 5.41) is 24.6. The number of halogens is 1. The predicted octanol–water partition coefficient (Wildman–Crippen LogP) is 4.06. The number of nitrogens with zero attached hydrogens (tertiary/aromatic N) is 2. The van der Waals surface area contributed by atoms with Crippen LogP contribution in [0.25, 0.3) is 10.9 Å². The maximum Gasteiger partial charge on any atom is 0.166 e. The van der Waals surface area contributed by atoms with E-state index >= 15 is 0 Å². The summed E-state index contributed by atoms with van der Waals surface area (Å²) in [6.07, 6.45) is 3.33. The van der Waals surface area contributed by atoms with Crippen LogP contribution < -0.4 is 9.47 Å². The second-order valence-corrected chi connectivity index (χ2v) is 12.4. The molecule has 2 N–H and O–H groups in total. The number of aryl methyl sites for hydroxylation is 2. The van der Waals surface area contributed by atoms with Gasteiger partial charge in [0.25, 0.3) is 0 Å². The van der Waals surface area contributed by atoms with Crippen molar-refractivity contribution in [1.82, 2.24) is 9.47 Å². The molecule has 3 aliphatic carbocycles. The quantitative estimate of drug-likeness (QED) is 0.529. The molecule has 2 aromatic carbocycles. The molecule has 7 heteroatoms. The molecular weight excluding hydrogens is 471 g/mol. The van der Waals surface area contributed by atoms with Gasteiger partial charge in [-0.2, -0.15) is 0 Å². The summed E-state index contributed by atoms with van der Waals surface area (Å²) in [7, 11) is 1.67. The van der Waals surface area contributed by atoms with Crippen LogP contribution in [0.5, 0.6) is 11.5 Å². The van der Waals surface area contributed by atoms with E-state index in [0.29, 0.717) is 36.7 Å². The Kier molecular flexibility index (Phi) is 3.75. The van der Waals surface area contributed by atoms with Gasteiger partial charge < -0.3 is 24.3 Å². The van der Waals surface area contributed by atoms with E-state index < -0.39 is 17.1 Å². The van der Waals surface area contributed by atoms with Crippen molar-refractivity contribution in [3.8, 4) is 11.5 Å². The van der Waals surface area contributed by atoms with Gasteiger partial charge in [0.1, 0.15) is 5.82 Å². The Hall–Kier alpha value is -2.61. The number of methoxy groups -OCH3 is 1. The Balaban J connectivity index is 1.34. The Morgan fingerprint density at radius 2 is 2.05 bits per heavy atom. The molecule has 7 atom stereocenters. The van der Waals surface area contributed by atoms with E-state index in [2.05, 4.69) is 22.5 Å². The van der Waals surface area contributed by atoms with Gasteiger partial charge in [-0.1, -0.05) is 6.07 Å². The molecular formula is C30H31FN2O4. The van der Waals surface area contributed by atoms with E-state index in [4.69, 9.17) is 9.47 Å². The van der Waals surface area contributed by atoms with Crippen LogP contribution in [-0.2, 0) is 18.4 Å². The number of ether oxygens (including phenoxy) is 2. The first-order chi connectivity index (χ1) is 17.9. The third-order valence-electron chi connectivity index (χ3n) is 10.7. The first-order valence-electron chi connectivity index (χ1n) is 13.7. The minimum Gasteiger partial charge on any atom is -0.493 e. The third-order valence-corrected chi connectivity index (χ3v) is 10.7. The fraction of sp³-hybridized carbons (Fsp3) is 0.533. The number of hydrogen-bond acceptors (Lipinski definition) is 5. The summed E-state index contributed by atoms with van der Waals surface area (Å²) in [4.78, 5) is 2.52. The molecule has 2 unspecified atom stereocenters. The molecule has 6 aliphatic rings. The standard InChI is InChI=1S/C30H31FN2O4/c1-14-3-6-22(36-2)26-23(14)29-12-20-27(33(20)13-15-4-5-15)30(29,35)11-19-17-9-16(31)10-18-21(34)7-8-32(24(17)18)25(19)28(29)37-26/h3,6,9-10,15,20-21,27-28,34-35H,4-5,7-8,11-13H2,1-2H3/t20?,21-,27+,28-,29-,30+,33?/m0/s1. The molecule has 1 aromatic heterocycles. The van der Waals surface area contributed by atoms with Gasteiger partial charge >= 0.3 is 0 Å². The lowest BCUT2D eigenvalue weighted by Crippen LogP contribution is -2.60. The van der Waals surface area contributed by atoms with Gasteiger partial charge in [0.05, 0.1) is 41.5 Å². The number of aliphatic hydroxyl groups is 2. The largest absolute Gasteiger partial charge is 0.493 e. The Morgan fingerprint density at radius 1 is 1.22 bits per heavy atom. The van der Waals surface area contributed by atoms with Gasteiger partial charge in [-0.05, 0) is 67.9 Å². The number of benzene rings is 2. The van der Waals surface area contributed by atoms with Crippen LogP contribution in [0.4, 0.5) is 4.39 Å². The number of likely N-dealkylation sites (tertiary alicyclic amines) is 1. The van der Waals surface area contributed by atoms with E-state index in [1.54, 1.807) is 13.2 Å². The van der Waals surface area contributed by atoms with Crippen LogP contribution in [0, 0.1) is 18.7 Å². The van der Waals surface area contributed by atoms with Crippen molar-refractivity contribution in [2.24, 2.45) is 5.92 Å². The van der Waals surface area contributed by atoms with Crippen LogP contribution in [-0.4, -0.2) is 51.0 Å². The molecule has 0 amide bonds. The summed E-state index contributed by atoms with van der Waals surface area (Å²) in [5.74, 6) is 1.85. The molecule has 0 bridgehead atoms. The monoisotopic (exact) mass is 502 g/mol. The van der Waals surface area contributed by atoms with Gasteiger partial charge in [0, 0.05) is 42.1 Å². The number of fused-ring (bicyclic) bond motifs is 7. The highest BCUT2D eigenvalue weighted by molar-refractivity contribution is 5.90. The van der Waals surface area contributed by atoms with Crippen LogP contribution in [0.3, 0.4) is 0 Å². The van der Waals surface area contributed by atoms with Crippen molar-refractivity contribution in [2.75, 3.05) is 13.7 Å². The maximum atomic E-state index is 14.9. The average Bonchev–Trinajstić information content (AvgIpc) is 3.73. The minimum atomic E-state index is -1.04. The zero-order valence-electron chi connectivity index (χ0n) is 21.1. The zero-order chi connectivity index (χ0) is 25.0. The SMILES string of the molecule is COc1ccc(C)c2c1O[C@H]1c3c(c4cc(F)cc5c4n3CC[C@@H]5O)C[C@@]3(O)[C@H]4C(C[C@]213)N4CC1CC1. The van der Waals surface area contributed by atoms with Crippen molar-refractivity contribution in [3.05, 3.63) is 58.0 Å². The molecule has 3 aromatic rings. The molecule has 0 radical (unpaired) electrons. The first-order valence-corrected chi connectivity index (χ1v) is 13.7. The van der Waals surface area contributed by atoms with Crippen LogP contribution in [0.1, 0.15) is 65.8 Å². The molecule has 3 aliphatic heterocycles. The topological polar surface area (TPSA) is 66.9 Å². The number of aromatic nitrogens is 1. The summed E-state index contributed by atoms with van der Waals surface area (Å²) in [5.41, 5.74) is 4.15. The molecule has 9 rings (SSSR count). The number of piperidine rings is 1. The highest BCUT2D eigenvalue weighted by Crippen LogP contribution is 2.73. The second-order valence-electron chi connectivity index (χ2n) is 12.4. The summed E-state index contributed by atoms with van der Waals surface area (Å²) in [6, 6.07) is 7.52. The van der Waals surface area contributed by atoms with Crippen molar-refractivity contribution in [2.45, 2.75) is 80.9 Å². The molecule has 3 fully saturated rings. The van der Waals surface area contributed by atoms with E-state index in [1.165, 1.54) is 18.9 Å². The van der Waals surface area contributed by atoms with Crippen molar-refractivity contribution in [3.63, 3.8) is 0 Å². The molecule has 6 nitrogen and oxygen atoms in total. The molecule has 4 heterocycles. The molecule has 1 spiro atoms. The van der Waals surface area contributed by atoms with Crippen LogP contribution >= 0.6 is 0 Å². The maximum absolute atomic E-state index is 14.9. The van der Waals surface area contributed by atoms with Gasteiger partial charge in [-0.3, -0.25) is 4.90 Å². The lowest BCUT2D eigenvalue weighted by atomic mass is 9.58. The Labute approximate surface area is 214 Å². The minimum absolute atomic E-state index is 0.0750. The van der Waals surface area contributed by atoms with Gasteiger partial charge in [-0.15, -0.1) is 0 Å². The highest BCUT2D eigenvalue weighted by atomic mass is 19.1. The molecule has 1 saturated heterocycles. The van der Waals surface area contributed by atoms with Crippen molar-refractivity contribution >= 4 is 10.9 Å². The van der Waals surface area contributed by atoms with Gasteiger partial charge in [0.2, 0.25) is 0 Å². The summed E-state index contributed by atoms with van der Waals surface area (Å²) in [6.45, 7) is 3.82. The van der Waals surface area contributed by atoms with E-state index in [-0.39, 0.29) is 18.0 Å². The van der Waals surface area contributed by atoms with E-state index in [1.807, 2.05) is 6.07 Å². The lowest BCUT2D eigenvalue weighted by molar-refractivity contribution is -0.0873. The molecule has 37 heavy (non-hydrogen) atoms. The van der Waals surface area contributed by atoms with E-state index in [9.17, 15) is 14.6 Å². The molecule has 2 saturated carbocycles. The molecule has 192 valence electrons. The summed E-state index contributed by atoms with van der Waals surface area (Å²) >= 11 is 0. The Morgan fingerprint density at radius 3 is 2.84 bits per heavy atom. The third kappa shape index (κ3) is 2.31. The van der Waals surface area contributed by atoms with Gasteiger partial charge in [-0.25, -0.2) is 4.39 Å². The van der Waals surface area contributed by atoms with Crippen molar-refractivity contribution < 1.29 is 24.1 Å². The fourth-order valence-corrected chi connectivity index (χ4v) is 9.04. The van der Waals surface area contributed by atoms with Crippen LogP contribution in [0.2, 0.25) is 0 Å². The van der Waals surface area contributed by atoms with E-state index in [0.717, 1.165) is 57.9 Å². The highest BCUT2D eigenvalue weighted by Gasteiger charge is 2.81. The fourth-order valence-electron chi connectivity index (χ4n) is 9.04. The summed E-state index contributed by atoms with van der Waals surface area (Å²) < 4.78 is 29.9. The smallest absolute Gasteiger partial charge is 0.166 e. The average molecular weight is 503 g/mol. The Bertz CT molecular complexity index is 1540.